The summed E-state index contributed by atoms with van der Waals surface area (Å²) < 4.78 is 50.8. The average Bonchev–Trinajstić information content (AvgIpc) is 3.48. The molecule has 0 saturated heterocycles. The van der Waals surface area contributed by atoms with Gasteiger partial charge in [-0.1, -0.05) is 15.9 Å². The van der Waals surface area contributed by atoms with Gasteiger partial charge in [0.15, 0.2) is 0 Å². The number of sulfonamides is 1. The number of pyridine rings is 1. The largest absolute Gasteiger partial charge is 0.443 e. The molecule has 1 unspecified atom stereocenters. The lowest BCUT2D eigenvalue weighted by Gasteiger charge is -2.28. The first-order valence-electron chi connectivity index (χ1n) is 12.4. The van der Waals surface area contributed by atoms with E-state index in [4.69, 9.17) is 4.74 Å². The molecular formula is C25H32BrFN4O7S. The number of rotatable bonds is 8. The third-order valence-electron chi connectivity index (χ3n) is 6.71. The van der Waals surface area contributed by atoms with Crippen LogP contribution in [0.5, 0.6) is 0 Å². The zero-order valence-electron chi connectivity index (χ0n) is 22.0. The van der Waals surface area contributed by atoms with Crippen molar-refractivity contribution in [1.82, 2.24) is 4.57 Å². The first kappa shape index (κ1) is 29.3. The van der Waals surface area contributed by atoms with Gasteiger partial charge in [0.25, 0.3) is 5.56 Å². The van der Waals surface area contributed by atoms with Gasteiger partial charge in [0.05, 0.1) is 28.8 Å². The Balaban J connectivity index is 1.89. The van der Waals surface area contributed by atoms with Gasteiger partial charge in [-0.15, -0.1) is 0 Å². The third kappa shape index (κ3) is 5.79. The van der Waals surface area contributed by atoms with Crippen molar-refractivity contribution in [3.63, 3.8) is 0 Å². The van der Waals surface area contributed by atoms with Gasteiger partial charge in [0.1, 0.15) is 22.9 Å². The minimum Gasteiger partial charge on any atom is -0.443 e. The second kappa shape index (κ2) is 10.4. The van der Waals surface area contributed by atoms with Crippen LogP contribution in [0.3, 0.4) is 0 Å². The highest BCUT2D eigenvalue weighted by atomic mass is 79.9. The second-order valence-corrected chi connectivity index (χ2v) is 13.9. The zero-order chi connectivity index (χ0) is 28.9. The van der Waals surface area contributed by atoms with E-state index < -0.39 is 50.6 Å². The summed E-state index contributed by atoms with van der Waals surface area (Å²) in [5.74, 6) is -0.700. The number of carbonyl (C=O) groups is 1. The number of carbonyl (C=O) groups excluding carboxylic acids is 1. The first-order valence-corrected chi connectivity index (χ1v) is 14.7. The van der Waals surface area contributed by atoms with E-state index in [0.717, 1.165) is 0 Å². The molecule has 1 atom stereocenters. The summed E-state index contributed by atoms with van der Waals surface area (Å²) in [6.45, 7) is 6.05. The number of anilines is 4. The summed E-state index contributed by atoms with van der Waals surface area (Å²) in [5, 5.41) is 22.2. The van der Waals surface area contributed by atoms with Gasteiger partial charge in [0.2, 0.25) is 10.0 Å². The number of fused-ring (bicyclic) bond motifs is 1. The van der Waals surface area contributed by atoms with Crippen LogP contribution in [0.25, 0.3) is 0 Å². The minimum absolute atomic E-state index is 0.0231. The van der Waals surface area contributed by atoms with Crippen LogP contribution in [-0.4, -0.2) is 58.9 Å². The zero-order valence-corrected chi connectivity index (χ0v) is 24.4. The molecule has 1 amide bonds. The lowest BCUT2D eigenvalue weighted by Crippen LogP contribution is -2.38. The van der Waals surface area contributed by atoms with Crippen molar-refractivity contribution >= 4 is 54.9 Å². The van der Waals surface area contributed by atoms with E-state index in [9.17, 15) is 32.6 Å². The molecule has 0 radical (unpaired) electrons. The standard InChI is InChI=1S/C25H32BrFN4O7S/c1-14-19(28-18-6-5-15(26)11-17(18)27)20(29-39(36,37)25(7-8-25)12-16(33)13-32)21-30(22(14)34)9-10-31(21)23(35)38-24(2,3)4/h5-6,11,16,28-29,32-33H,7-10,12-13H2,1-4H3. The second-order valence-electron chi connectivity index (χ2n) is 10.9. The quantitative estimate of drug-likeness (QED) is 0.346. The highest BCUT2D eigenvalue weighted by molar-refractivity contribution is 9.10. The fourth-order valence-corrected chi connectivity index (χ4v) is 6.63. The molecule has 39 heavy (non-hydrogen) atoms. The van der Waals surface area contributed by atoms with Crippen LogP contribution in [0.2, 0.25) is 0 Å². The van der Waals surface area contributed by atoms with Gasteiger partial charge in [0, 0.05) is 23.1 Å². The predicted octanol–water partition coefficient (Wildman–Crippen LogP) is 3.57. The number of hydrogen-bond donors (Lipinski definition) is 4. The van der Waals surface area contributed by atoms with Crippen molar-refractivity contribution in [3.05, 3.63) is 44.4 Å². The Bertz CT molecular complexity index is 1470. The number of nitrogens with one attached hydrogen (secondary N) is 2. The fraction of sp³-hybridized carbons (Fsp3) is 0.520. The number of ether oxygens (including phenoxy) is 1. The summed E-state index contributed by atoms with van der Waals surface area (Å²) in [4.78, 5) is 27.7. The fourth-order valence-electron chi connectivity index (χ4n) is 4.57. The van der Waals surface area contributed by atoms with E-state index in [-0.39, 0.29) is 60.8 Å². The van der Waals surface area contributed by atoms with Gasteiger partial charge >= 0.3 is 6.09 Å². The molecular weight excluding hydrogens is 599 g/mol. The van der Waals surface area contributed by atoms with Crippen LogP contribution in [-0.2, 0) is 21.3 Å². The smallest absolute Gasteiger partial charge is 0.416 e. The lowest BCUT2D eigenvalue weighted by molar-refractivity contribution is 0.0584. The van der Waals surface area contributed by atoms with Crippen LogP contribution in [0.1, 0.15) is 45.6 Å². The molecule has 14 heteroatoms. The van der Waals surface area contributed by atoms with Crippen LogP contribution < -0.4 is 20.5 Å². The Morgan fingerprint density at radius 1 is 1.26 bits per heavy atom. The molecule has 214 valence electrons. The van der Waals surface area contributed by atoms with Crippen molar-refractivity contribution in [2.24, 2.45) is 0 Å². The highest BCUT2D eigenvalue weighted by Gasteiger charge is 2.56. The molecule has 1 aliphatic heterocycles. The minimum atomic E-state index is -4.23. The third-order valence-corrected chi connectivity index (χ3v) is 9.39. The van der Waals surface area contributed by atoms with Gasteiger partial charge in [-0.3, -0.25) is 19.0 Å². The molecule has 0 bridgehead atoms. The Morgan fingerprint density at radius 2 is 1.92 bits per heavy atom. The molecule has 2 aromatic rings. The molecule has 1 aromatic heterocycles. The molecule has 2 aliphatic rings. The van der Waals surface area contributed by atoms with Crippen molar-refractivity contribution in [3.8, 4) is 0 Å². The van der Waals surface area contributed by atoms with E-state index in [1.54, 1.807) is 26.8 Å². The van der Waals surface area contributed by atoms with E-state index >= 15 is 0 Å². The normalized spacial score (nSPS) is 17.0. The van der Waals surface area contributed by atoms with Gasteiger partial charge in [-0.25, -0.2) is 17.6 Å². The molecule has 4 N–H and O–H groups in total. The molecule has 2 heterocycles. The number of hydrogen-bond acceptors (Lipinski definition) is 8. The maximum absolute atomic E-state index is 14.8. The molecule has 1 aromatic carbocycles. The highest BCUT2D eigenvalue weighted by Crippen LogP contribution is 2.50. The number of amides is 1. The van der Waals surface area contributed by atoms with Crippen LogP contribution >= 0.6 is 15.9 Å². The number of aliphatic hydroxyl groups is 2. The first-order chi connectivity index (χ1) is 18.1. The van der Waals surface area contributed by atoms with Crippen molar-refractivity contribution in [1.29, 1.82) is 0 Å². The molecule has 11 nitrogen and oxygen atoms in total. The van der Waals surface area contributed by atoms with Crippen LogP contribution in [0.4, 0.5) is 32.1 Å². The topological polar surface area (TPSA) is 150 Å². The van der Waals surface area contributed by atoms with Gasteiger partial charge in [-0.2, -0.15) is 0 Å². The summed E-state index contributed by atoms with van der Waals surface area (Å²) in [5.41, 5.74) is -1.42. The number of halogens is 2. The summed E-state index contributed by atoms with van der Waals surface area (Å²) >= 11 is 3.20. The maximum Gasteiger partial charge on any atom is 0.416 e. The monoisotopic (exact) mass is 630 g/mol. The van der Waals surface area contributed by atoms with Gasteiger partial charge in [-0.05, 0) is 65.2 Å². The SMILES string of the molecule is Cc1c(Nc2ccc(Br)cc2F)c(NS(=O)(=O)C2(CC(O)CO)CC2)c2n(c1=O)CCN2C(=O)OC(C)(C)C. The average molecular weight is 632 g/mol. The molecule has 1 aliphatic carbocycles. The Kier molecular flexibility index (Phi) is 7.80. The van der Waals surface area contributed by atoms with E-state index in [0.29, 0.717) is 4.47 Å². The van der Waals surface area contributed by atoms with Gasteiger partial charge < -0.3 is 20.3 Å². The number of benzene rings is 1. The lowest BCUT2D eigenvalue weighted by atomic mass is 10.2. The molecule has 1 fully saturated rings. The Hall–Kier alpha value is -2.68. The molecule has 0 spiro atoms. The van der Waals surface area contributed by atoms with E-state index in [2.05, 4.69) is 26.0 Å². The van der Waals surface area contributed by atoms with Crippen molar-refractivity contribution < 1.29 is 32.6 Å². The number of aliphatic hydroxyl groups excluding tert-OH is 2. The van der Waals surface area contributed by atoms with Crippen molar-refractivity contribution in [2.75, 3.05) is 28.1 Å². The maximum atomic E-state index is 14.8. The van der Waals surface area contributed by atoms with Crippen LogP contribution in [0.15, 0.2) is 27.5 Å². The Morgan fingerprint density at radius 3 is 2.49 bits per heavy atom. The molecule has 4 rings (SSSR count). The Labute approximate surface area is 234 Å². The number of aromatic nitrogens is 1. The predicted molar refractivity (Wildman–Crippen MR) is 149 cm³/mol. The summed E-state index contributed by atoms with van der Waals surface area (Å²) in [6.07, 6.45) is -1.75. The summed E-state index contributed by atoms with van der Waals surface area (Å²) in [6, 6.07) is 4.21. The van der Waals surface area contributed by atoms with Crippen molar-refractivity contribution in [2.45, 2.75) is 70.0 Å². The van der Waals surface area contributed by atoms with Crippen LogP contribution in [0, 0.1) is 12.7 Å². The number of nitrogens with zero attached hydrogens (tertiary/aromatic N) is 2. The molecule has 1 saturated carbocycles. The van der Waals surface area contributed by atoms with E-state index in [1.807, 2.05) is 0 Å². The summed E-state index contributed by atoms with van der Waals surface area (Å²) in [7, 11) is -4.23. The van der Waals surface area contributed by atoms with E-state index in [1.165, 1.54) is 28.5 Å².